The molecule has 0 radical (unpaired) electrons. The zero-order valence-corrected chi connectivity index (χ0v) is 9.70. The number of carbonyl (C=O) groups is 1. The SMILES string of the molecule is CC(C)OC(=O)C(N)c1ccn2ncnc2c1. The van der Waals surface area contributed by atoms with Crippen LogP contribution in [0.5, 0.6) is 0 Å². The number of fused-ring (bicyclic) bond motifs is 1. The number of esters is 1. The Morgan fingerprint density at radius 1 is 1.53 bits per heavy atom. The van der Waals surface area contributed by atoms with Gasteiger partial charge >= 0.3 is 5.97 Å². The number of aromatic nitrogens is 3. The summed E-state index contributed by atoms with van der Waals surface area (Å²) in [6, 6.07) is 2.66. The van der Waals surface area contributed by atoms with Crippen molar-refractivity contribution < 1.29 is 9.53 Å². The fraction of sp³-hybridized carbons (Fsp3) is 0.364. The standard InChI is InChI=1S/C11H14N4O2/c1-7(2)17-11(16)10(12)8-3-4-15-9(5-8)13-6-14-15/h3-7,10H,12H2,1-2H3. The number of hydrogen-bond donors (Lipinski definition) is 1. The van der Waals surface area contributed by atoms with E-state index in [4.69, 9.17) is 10.5 Å². The molecule has 2 heterocycles. The van der Waals surface area contributed by atoms with E-state index in [9.17, 15) is 4.79 Å². The van der Waals surface area contributed by atoms with Crippen molar-refractivity contribution in [3.05, 3.63) is 30.2 Å². The van der Waals surface area contributed by atoms with Crippen LogP contribution in [0.2, 0.25) is 0 Å². The van der Waals surface area contributed by atoms with E-state index in [0.29, 0.717) is 11.2 Å². The smallest absolute Gasteiger partial charge is 0.327 e. The van der Waals surface area contributed by atoms with Crippen LogP contribution in [0.15, 0.2) is 24.7 Å². The Morgan fingerprint density at radius 2 is 2.29 bits per heavy atom. The zero-order chi connectivity index (χ0) is 12.4. The van der Waals surface area contributed by atoms with Gasteiger partial charge in [-0.25, -0.2) is 14.3 Å². The second kappa shape index (κ2) is 4.50. The van der Waals surface area contributed by atoms with Crippen LogP contribution in [-0.2, 0) is 9.53 Å². The number of nitrogens with zero attached hydrogens (tertiary/aromatic N) is 3. The molecule has 90 valence electrons. The van der Waals surface area contributed by atoms with Crippen molar-refractivity contribution in [2.75, 3.05) is 0 Å². The van der Waals surface area contributed by atoms with E-state index in [0.717, 1.165) is 0 Å². The first kappa shape index (κ1) is 11.5. The minimum absolute atomic E-state index is 0.176. The molecule has 1 atom stereocenters. The maximum absolute atomic E-state index is 11.6. The highest BCUT2D eigenvalue weighted by atomic mass is 16.5. The molecular formula is C11H14N4O2. The average Bonchev–Trinajstić information content (AvgIpc) is 2.73. The molecule has 2 rings (SSSR count). The molecule has 0 amide bonds. The minimum Gasteiger partial charge on any atom is -0.462 e. The molecule has 2 N–H and O–H groups in total. The summed E-state index contributed by atoms with van der Waals surface area (Å²) in [4.78, 5) is 15.7. The predicted molar refractivity (Wildman–Crippen MR) is 61.1 cm³/mol. The molecule has 0 fully saturated rings. The van der Waals surface area contributed by atoms with Gasteiger partial charge in [0.15, 0.2) is 5.65 Å². The largest absolute Gasteiger partial charge is 0.462 e. The number of hydrogen-bond acceptors (Lipinski definition) is 5. The van der Waals surface area contributed by atoms with Crippen LogP contribution in [0.1, 0.15) is 25.5 Å². The summed E-state index contributed by atoms with van der Waals surface area (Å²) in [6.07, 6.45) is 2.97. The van der Waals surface area contributed by atoms with Gasteiger partial charge in [0.1, 0.15) is 12.4 Å². The Labute approximate surface area is 98.4 Å². The molecule has 1 unspecified atom stereocenters. The molecule has 17 heavy (non-hydrogen) atoms. The van der Waals surface area contributed by atoms with Gasteiger partial charge in [0.2, 0.25) is 0 Å². The lowest BCUT2D eigenvalue weighted by Crippen LogP contribution is -2.26. The van der Waals surface area contributed by atoms with Gasteiger partial charge in [-0.1, -0.05) is 0 Å². The lowest BCUT2D eigenvalue weighted by atomic mass is 10.1. The van der Waals surface area contributed by atoms with Crippen LogP contribution >= 0.6 is 0 Å². The topological polar surface area (TPSA) is 82.5 Å². The first-order valence-electron chi connectivity index (χ1n) is 5.33. The average molecular weight is 234 g/mol. The van der Waals surface area contributed by atoms with Crippen molar-refractivity contribution in [2.24, 2.45) is 5.73 Å². The first-order valence-corrected chi connectivity index (χ1v) is 5.33. The van der Waals surface area contributed by atoms with Crippen molar-refractivity contribution in [1.29, 1.82) is 0 Å². The van der Waals surface area contributed by atoms with E-state index >= 15 is 0 Å². The van der Waals surface area contributed by atoms with Crippen molar-refractivity contribution in [1.82, 2.24) is 14.6 Å². The highest BCUT2D eigenvalue weighted by molar-refractivity contribution is 5.77. The van der Waals surface area contributed by atoms with Gasteiger partial charge in [0.25, 0.3) is 0 Å². The molecule has 0 spiro atoms. The maximum Gasteiger partial charge on any atom is 0.327 e. The van der Waals surface area contributed by atoms with E-state index in [1.54, 1.807) is 36.7 Å². The van der Waals surface area contributed by atoms with Crippen LogP contribution in [0.25, 0.3) is 5.65 Å². The van der Waals surface area contributed by atoms with Crippen molar-refractivity contribution in [3.63, 3.8) is 0 Å². The number of pyridine rings is 1. The fourth-order valence-electron chi connectivity index (χ4n) is 1.47. The van der Waals surface area contributed by atoms with Crippen molar-refractivity contribution >= 4 is 11.6 Å². The molecule has 0 aliphatic carbocycles. The fourth-order valence-corrected chi connectivity index (χ4v) is 1.47. The maximum atomic E-state index is 11.6. The third-order valence-electron chi connectivity index (χ3n) is 2.27. The Bertz CT molecular complexity index is 535. The number of carbonyl (C=O) groups excluding carboxylic acids is 1. The van der Waals surface area contributed by atoms with Crippen LogP contribution in [-0.4, -0.2) is 26.7 Å². The van der Waals surface area contributed by atoms with E-state index < -0.39 is 12.0 Å². The predicted octanol–water partition coefficient (Wildman–Crippen LogP) is 0.681. The zero-order valence-electron chi connectivity index (χ0n) is 9.70. The van der Waals surface area contributed by atoms with Gasteiger partial charge < -0.3 is 10.5 Å². The van der Waals surface area contributed by atoms with Crippen LogP contribution in [0, 0.1) is 0 Å². The van der Waals surface area contributed by atoms with Gasteiger partial charge in [-0.3, -0.25) is 0 Å². The molecule has 0 aliphatic heterocycles. The summed E-state index contributed by atoms with van der Waals surface area (Å²) < 4.78 is 6.65. The van der Waals surface area contributed by atoms with Gasteiger partial charge in [-0.05, 0) is 31.5 Å². The lowest BCUT2D eigenvalue weighted by Gasteiger charge is -2.13. The number of rotatable bonds is 3. The highest BCUT2D eigenvalue weighted by Gasteiger charge is 2.19. The monoisotopic (exact) mass is 234 g/mol. The molecule has 0 aliphatic rings. The first-order chi connectivity index (χ1) is 8.08. The Balaban J connectivity index is 2.23. The molecular weight excluding hydrogens is 220 g/mol. The molecule has 2 aromatic heterocycles. The molecule has 6 nitrogen and oxygen atoms in total. The third kappa shape index (κ3) is 2.42. The second-order valence-corrected chi connectivity index (χ2v) is 3.99. The molecule has 0 saturated carbocycles. The van der Waals surface area contributed by atoms with E-state index in [1.165, 1.54) is 6.33 Å². The summed E-state index contributed by atoms with van der Waals surface area (Å²) in [6.45, 7) is 3.57. The van der Waals surface area contributed by atoms with Crippen molar-refractivity contribution in [2.45, 2.75) is 26.0 Å². The lowest BCUT2D eigenvalue weighted by molar-refractivity contribution is -0.149. The Hall–Kier alpha value is -1.95. The van der Waals surface area contributed by atoms with Gasteiger partial charge in [0, 0.05) is 6.20 Å². The Morgan fingerprint density at radius 3 is 3.00 bits per heavy atom. The van der Waals surface area contributed by atoms with Crippen LogP contribution in [0.3, 0.4) is 0 Å². The molecule has 2 aromatic rings. The molecule has 6 heteroatoms. The Kier molecular flexibility index (Phi) is 3.06. The summed E-state index contributed by atoms with van der Waals surface area (Å²) in [5.41, 5.74) is 7.13. The van der Waals surface area contributed by atoms with E-state index in [1.807, 2.05) is 0 Å². The van der Waals surface area contributed by atoms with E-state index in [2.05, 4.69) is 10.1 Å². The van der Waals surface area contributed by atoms with Crippen molar-refractivity contribution in [3.8, 4) is 0 Å². The van der Waals surface area contributed by atoms with E-state index in [-0.39, 0.29) is 6.10 Å². The van der Waals surface area contributed by atoms with Crippen LogP contribution in [0.4, 0.5) is 0 Å². The highest BCUT2D eigenvalue weighted by Crippen LogP contribution is 2.14. The summed E-state index contributed by atoms with van der Waals surface area (Å²) in [5, 5.41) is 3.96. The number of nitrogens with two attached hydrogens (primary N) is 1. The summed E-state index contributed by atoms with van der Waals surface area (Å²) in [7, 11) is 0. The quantitative estimate of drug-likeness (QED) is 0.790. The normalized spacial score (nSPS) is 12.9. The third-order valence-corrected chi connectivity index (χ3v) is 2.27. The van der Waals surface area contributed by atoms with Gasteiger partial charge in [0.05, 0.1) is 6.10 Å². The van der Waals surface area contributed by atoms with Crippen LogP contribution < -0.4 is 5.73 Å². The summed E-state index contributed by atoms with van der Waals surface area (Å²) >= 11 is 0. The number of ether oxygens (including phenoxy) is 1. The molecule has 0 saturated heterocycles. The molecule has 0 aromatic carbocycles. The van der Waals surface area contributed by atoms with Gasteiger partial charge in [-0.15, -0.1) is 0 Å². The van der Waals surface area contributed by atoms with Gasteiger partial charge in [-0.2, -0.15) is 5.10 Å². The minimum atomic E-state index is -0.793. The summed E-state index contributed by atoms with van der Waals surface area (Å²) in [5.74, 6) is -0.441. The molecule has 0 bridgehead atoms. The second-order valence-electron chi connectivity index (χ2n) is 3.99.